The molecule has 2 aromatic rings. The summed E-state index contributed by atoms with van der Waals surface area (Å²) in [5, 5.41) is 10.2. The highest BCUT2D eigenvalue weighted by molar-refractivity contribution is 5.35. The average Bonchev–Trinajstić information content (AvgIpc) is 2.46. The van der Waals surface area contributed by atoms with Crippen molar-refractivity contribution in [3.63, 3.8) is 0 Å². The third-order valence-corrected chi connectivity index (χ3v) is 2.91. The fraction of sp³-hybridized carbons (Fsp3) is 0.200. The van der Waals surface area contributed by atoms with E-state index in [1.54, 1.807) is 37.4 Å². The molecule has 1 unspecified atom stereocenters. The number of aliphatic hydroxyl groups excluding tert-OH is 1. The molecule has 2 nitrogen and oxygen atoms in total. The van der Waals surface area contributed by atoms with Crippen molar-refractivity contribution in [3.8, 4) is 5.75 Å². The van der Waals surface area contributed by atoms with Gasteiger partial charge in [-0.05, 0) is 29.3 Å². The first-order valence-electron chi connectivity index (χ1n) is 5.82. The lowest BCUT2D eigenvalue weighted by Gasteiger charge is -2.13. The molecule has 4 heteroatoms. The molecule has 0 fully saturated rings. The summed E-state index contributed by atoms with van der Waals surface area (Å²) in [6, 6.07) is 12.7. The van der Waals surface area contributed by atoms with Gasteiger partial charge in [-0.15, -0.1) is 0 Å². The molecule has 0 saturated heterocycles. The second-order valence-corrected chi connectivity index (χ2v) is 4.15. The van der Waals surface area contributed by atoms with Crippen LogP contribution in [0.25, 0.3) is 0 Å². The first-order chi connectivity index (χ1) is 9.11. The fourth-order valence-corrected chi connectivity index (χ4v) is 1.84. The first kappa shape index (κ1) is 13.5. The van der Waals surface area contributed by atoms with Crippen LogP contribution in [-0.2, 0) is 0 Å². The van der Waals surface area contributed by atoms with Gasteiger partial charge in [0, 0.05) is 5.56 Å². The Labute approximate surface area is 110 Å². The van der Waals surface area contributed by atoms with Crippen molar-refractivity contribution in [3.05, 3.63) is 65.2 Å². The predicted molar refractivity (Wildman–Crippen MR) is 68.5 cm³/mol. The van der Waals surface area contributed by atoms with Crippen molar-refractivity contribution in [2.45, 2.75) is 12.5 Å². The van der Waals surface area contributed by atoms with Gasteiger partial charge in [0.05, 0.1) is 7.11 Å². The SMILES string of the molecule is COc1ccc(C(O)c2cccc(C(F)F)c2)cc1. The summed E-state index contributed by atoms with van der Waals surface area (Å²) < 4.78 is 30.3. The van der Waals surface area contributed by atoms with E-state index in [9.17, 15) is 13.9 Å². The minimum absolute atomic E-state index is 0.0925. The van der Waals surface area contributed by atoms with Crippen LogP contribution in [0.4, 0.5) is 8.78 Å². The van der Waals surface area contributed by atoms with Gasteiger partial charge in [0.1, 0.15) is 11.9 Å². The van der Waals surface area contributed by atoms with Gasteiger partial charge in [0.25, 0.3) is 6.43 Å². The van der Waals surface area contributed by atoms with Crippen molar-refractivity contribution >= 4 is 0 Å². The van der Waals surface area contributed by atoms with Crippen LogP contribution < -0.4 is 4.74 Å². The number of hydrogen-bond acceptors (Lipinski definition) is 2. The molecule has 0 aliphatic carbocycles. The van der Waals surface area contributed by atoms with E-state index < -0.39 is 12.5 Å². The number of benzene rings is 2. The zero-order valence-corrected chi connectivity index (χ0v) is 10.4. The Balaban J connectivity index is 2.27. The molecule has 100 valence electrons. The zero-order valence-electron chi connectivity index (χ0n) is 10.4. The highest BCUT2D eigenvalue weighted by Crippen LogP contribution is 2.27. The maximum absolute atomic E-state index is 12.6. The maximum atomic E-state index is 12.6. The van der Waals surface area contributed by atoms with Crippen molar-refractivity contribution < 1.29 is 18.6 Å². The molecule has 1 atom stereocenters. The van der Waals surface area contributed by atoms with Crippen LogP contribution in [0.15, 0.2) is 48.5 Å². The van der Waals surface area contributed by atoms with E-state index in [1.165, 1.54) is 18.2 Å². The Morgan fingerprint density at radius 1 is 0.947 bits per heavy atom. The van der Waals surface area contributed by atoms with E-state index in [-0.39, 0.29) is 5.56 Å². The summed E-state index contributed by atoms with van der Waals surface area (Å²) in [5.41, 5.74) is 0.986. The Bertz CT molecular complexity index is 538. The van der Waals surface area contributed by atoms with Gasteiger partial charge >= 0.3 is 0 Å². The lowest BCUT2D eigenvalue weighted by atomic mass is 10.00. The van der Waals surface area contributed by atoms with E-state index in [2.05, 4.69) is 0 Å². The molecule has 0 amide bonds. The molecule has 2 rings (SSSR count). The van der Waals surface area contributed by atoms with Crippen LogP contribution in [0.2, 0.25) is 0 Å². The molecule has 0 heterocycles. The monoisotopic (exact) mass is 264 g/mol. The van der Waals surface area contributed by atoms with E-state index in [0.717, 1.165) is 0 Å². The van der Waals surface area contributed by atoms with Crippen LogP contribution >= 0.6 is 0 Å². The predicted octanol–water partition coefficient (Wildman–Crippen LogP) is 3.71. The fourth-order valence-electron chi connectivity index (χ4n) is 1.84. The number of aliphatic hydroxyl groups is 1. The normalized spacial score (nSPS) is 12.5. The van der Waals surface area contributed by atoms with Gasteiger partial charge in [-0.25, -0.2) is 8.78 Å². The molecule has 1 N–H and O–H groups in total. The summed E-state index contributed by atoms with van der Waals surface area (Å²) >= 11 is 0. The number of ether oxygens (including phenoxy) is 1. The average molecular weight is 264 g/mol. The molecule has 0 spiro atoms. The summed E-state index contributed by atoms with van der Waals surface area (Å²) in [5.74, 6) is 0.678. The first-order valence-corrected chi connectivity index (χ1v) is 5.82. The van der Waals surface area contributed by atoms with Crippen molar-refractivity contribution in [2.75, 3.05) is 7.11 Å². The van der Waals surface area contributed by atoms with Gasteiger partial charge < -0.3 is 9.84 Å². The van der Waals surface area contributed by atoms with Gasteiger partial charge in [-0.1, -0.05) is 30.3 Å². The number of rotatable bonds is 4. The van der Waals surface area contributed by atoms with Gasteiger partial charge in [-0.2, -0.15) is 0 Å². The van der Waals surface area contributed by atoms with E-state index >= 15 is 0 Å². The number of methoxy groups -OCH3 is 1. The van der Waals surface area contributed by atoms with Crippen LogP contribution in [0.3, 0.4) is 0 Å². The molecule has 0 radical (unpaired) electrons. The zero-order chi connectivity index (χ0) is 13.8. The van der Waals surface area contributed by atoms with Gasteiger partial charge in [0.2, 0.25) is 0 Å². The van der Waals surface area contributed by atoms with E-state index in [1.807, 2.05) is 0 Å². The minimum atomic E-state index is -2.54. The third-order valence-electron chi connectivity index (χ3n) is 2.91. The van der Waals surface area contributed by atoms with Gasteiger partial charge in [-0.3, -0.25) is 0 Å². The van der Waals surface area contributed by atoms with E-state index in [0.29, 0.717) is 16.9 Å². The summed E-state index contributed by atoms with van der Waals surface area (Å²) in [7, 11) is 1.55. The van der Waals surface area contributed by atoms with Crippen LogP contribution in [-0.4, -0.2) is 12.2 Å². The molecule has 0 aliphatic rings. The molecule has 0 saturated carbocycles. The summed E-state index contributed by atoms with van der Waals surface area (Å²) in [4.78, 5) is 0. The molecular formula is C15H14F2O2. The molecular weight excluding hydrogens is 250 g/mol. The summed E-state index contributed by atoms with van der Waals surface area (Å²) in [6.45, 7) is 0. The molecule has 0 aliphatic heterocycles. The summed E-state index contributed by atoms with van der Waals surface area (Å²) in [6.07, 6.45) is -3.47. The van der Waals surface area contributed by atoms with Crippen molar-refractivity contribution in [2.24, 2.45) is 0 Å². The smallest absolute Gasteiger partial charge is 0.263 e. The molecule has 19 heavy (non-hydrogen) atoms. The molecule has 0 aromatic heterocycles. The number of halogens is 2. The topological polar surface area (TPSA) is 29.5 Å². The van der Waals surface area contributed by atoms with Gasteiger partial charge in [0.15, 0.2) is 0 Å². The second-order valence-electron chi connectivity index (χ2n) is 4.15. The number of hydrogen-bond donors (Lipinski definition) is 1. The van der Waals surface area contributed by atoms with Crippen LogP contribution in [0.5, 0.6) is 5.75 Å². The van der Waals surface area contributed by atoms with Crippen LogP contribution in [0, 0.1) is 0 Å². The third kappa shape index (κ3) is 3.09. The highest BCUT2D eigenvalue weighted by Gasteiger charge is 2.13. The lowest BCUT2D eigenvalue weighted by Crippen LogP contribution is -2.00. The number of alkyl halides is 2. The van der Waals surface area contributed by atoms with Crippen molar-refractivity contribution in [1.82, 2.24) is 0 Å². The van der Waals surface area contributed by atoms with Crippen LogP contribution in [0.1, 0.15) is 29.2 Å². The Hall–Kier alpha value is -1.94. The maximum Gasteiger partial charge on any atom is 0.263 e. The highest BCUT2D eigenvalue weighted by atomic mass is 19.3. The molecule has 0 bridgehead atoms. The van der Waals surface area contributed by atoms with E-state index in [4.69, 9.17) is 4.74 Å². The minimum Gasteiger partial charge on any atom is -0.497 e. The largest absolute Gasteiger partial charge is 0.497 e. The quantitative estimate of drug-likeness (QED) is 0.912. The Kier molecular flexibility index (Phi) is 4.12. The Morgan fingerprint density at radius 3 is 2.16 bits per heavy atom. The Morgan fingerprint density at radius 2 is 1.58 bits per heavy atom. The standard InChI is InChI=1S/C15H14F2O2/c1-19-13-7-5-10(6-8-13)14(18)11-3-2-4-12(9-11)15(16)17/h2-9,14-15,18H,1H3. The second kappa shape index (κ2) is 5.80. The van der Waals surface area contributed by atoms with Crippen molar-refractivity contribution in [1.29, 1.82) is 0 Å². The lowest BCUT2D eigenvalue weighted by molar-refractivity contribution is 0.150. The molecule has 2 aromatic carbocycles.